The standard InChI is InChI=1S/C14H31NO4Si/c1-5-17-20(4,18-6-2)19-14(3)8-7-9-15-10-12-16-13-11-15/h14H,5-13H2,1-4H3. The first kappa shape index (κ1) is 18.1. The maximum atomic E-state index is 6.06. The second-order valence-electron chi connectivity index (χ2n) is 5.25. The van der Waals surface area contributed by atoms with Gasteiger partial charge in [0.2, 0.25) is 0 Å². The summed E-state index contributed by atoms with van der Waals surface area (Å²) < 4.78 is 22.8. The van der Waals surface area contributed by atoms with E-state index in [1.807, 2.05) is 20.4 Å². The summed E-state index contributed by atoms with van der Waals surface area (Å²) in [5, 5.41) is 0. The average Bonchev–Trinajstić information content (AvgIpc) is 2.40. The van der Waals surface area contributed by atoms with E-state index >= 15 is 0 Å². The maximum absolute atomic E-state index is 6.06. The van der Waals surface area contributed by atoms with E-state index in [9.17, 15) is 0 Å². The van der Waals surface area contributed by atoms with Crippen LogP contribution in [-0.4, -0.2) is 65.9 Å². The van der Waals surface area contributed by atoms with Crippen LogP contribution >= 0.6 is 0 Å². The molecule has 0 amide bonds. The molecule has 0 N–H and O–H groups in total. The minimum atomic E-state index is -2.44. The van der Waals surface area contributed by atoms with Gasteiger partial charge in [-0.1, -0.05) is 0 Å². The normalized spacial score (nSPS) is 19.2. The molecule has 1 aliphatic rings. The molecule has 120 valence electrons. The van der Waals surface area contributed by atoms with Crippen molar-refractivity contribution in [1.82, 2.24) is 4.90 Å². The van der Waals surface area contributed by atoms with Crippen molar-refractivity contribution in [2.45, 2.75) is 46.3 Å². The molecule has 1 fully saturated rings. The Labute approximate surface area is 124 Å². The van der Waals surface area contributed by atoms with Crippen molar-refractivity contribution in [3.63, 3.8) is 0 Å². The van der Waals surface area contributed by atoms with Gasteiger partial charge in [0.05, 0.1) is 13.2 Å². The number of nitrogens with zero attached hydrogens (tertiary/aromatic N) is 1. The Morgan fingerprint density at radius 2 is 1.75 bits per heavy atom. The number of ether oxygens (including phenoxy) is 1. The predicted octanol–water partition coefficient (Wildman–Crippen LogP) is 2.15. The highest BCUT2D eigenvalue weighted by molar-refractivity contribution is 6.59. The Balaban J connectivity index is 2.21. The zero-order valence-corrected chi connectivity index (χ0v) is 14.5. The molecule has 1 atom stereocenters. The fourth-order valence-corrected chi connectivity index (χ4v) is 4.60. The van der Waals surface area contributed by atoms with Gasteiger partial charge in [-0.15, -0.1) is 0 Å². The average molecular weight is 305 g/mol. The topological polar surface area (TPSA) is 40.2 Å². The number of hydrogen-bond acceptors (Lipinski definition) is 5. The third-order valence-electron chi connectivity index (χ3n) is 3.42. The van der Waals surface area contributed by atoms with Crippen LogP contribution in [0.1, 0.15) is 33.6 Å². The summed E-state index contributed by atoms with van der Waals surface area (Å²) in [6.07, 6.45) is 2.37. The van der Waals surface area contributed by atoms with Crippen molar-refractivity contribution in [2.75, 3.05) is 46.1 Å². The van der Waals surface area contributed by atoms with Gasteiger partial charge in [0.1, 0.15) is 0 Å². The van der Waals surface area contributed by atoms with Crippen LogP contribution in [0.2, 0.25) is 6.55 Å². The first-order valence-electron chi connectivity index (χ1n) is 7.85. The molecular weight excluding hydrogens is 274 g/mol. The SMILES string of the molecule is CCO[Si](C)(OCC)OC(C)CCCN1CCOCC1. The number of morpholine rings is 1. The summed E-state index contributed by atoms with van der Waals surface area (Å²) in [6, 6.07) is 0. The van der Waals surface area contributed by atoms with E-state index in [4.69, 9.17) is 18.0 Å². The van der Waals surface area contributed by atoms with E-state index < -0.39 is 8.80 Å². The van der Waals surface area contributed by atoms with E-state index in [2.05, 4.69) is 11.8 Å². The molecule has 1 saturated heterocycles. The van der Waals surface area contributed by atoms with Gasteiger partial charge in [0.15, 0.2) is 0 Å². The minimum Gasteiger partial charge on any atom is -0.379 e. The monoisotopic (exact) mass is 305 g/mol. The summed E-state index contributed by atoms with van der Waals surface area (Å²) in [6.45, 7) is 14.3. The molecule has 0 aromatic carbocycles. The molecule has 1 rings (SSSR count). The van der Waals surface area contributed by atoms with Crippen LogP contribution in [0.5, 0.6) is 0 Å². The fourth-order valence-electron chi connectivity index (χ4n) is 2.49. The molecule has 0 spiro atoms. The maximum Gasteiger partial charge on any atom is 0.497 e. The molecule has 6 heteroatoms. The fraction of sp³-hybridized carbons (Fsp3) is 1.00. The second kappa shape index (κ2) is 9.86. The highest BCUT2D eigenvalue weighted by Crippen LogP contribution is 2.15. The van der Waals surface area contributed by atoms with Gasteiger partial charge in [0.25, 0.3) is 0 Å². The molecular formula is C14H31NO4Si. The minimum absolute atomic E-state index is 0.186. The highest BCUT2D eigenvalue weighted by atomic mass is 28.4. The zero-order chi connectivity index (χ0) is 14.8. The van der Waals surface area contributed by atoms with E-state index in [0.29, 0.717) is 13.2 Å². The summed E-state index contributed by atoms with van der Waals surface area (Å²) >= 11 is 0. The number of hydrogen-bond donors (Lipinski definition) is 0. The van der Waals surface area contributed by atoms with E-state index in [1.54, 1.807) is 0 Å². The molecule has 0 aromatic rings. The van der Waals surface area contributed by atoms with Crippen molar-refractivity contribution in [3.05, 3.63) is 0 Å². The van der Waals surface area contributed by atoms with Crippen molar-refractivity contribution < 1.29 is 18.0 Å². The van der Waals surface area contributed by atoms with Crippen LogP contribution < -0.4 is 0 Å². The Bertz CT molecular complexity index is 243. The lowest BCUT2D eigenvalue weighted by molar-refractivity contribution is 0.0282. The van der Waals surface area contributed by atoms with Crippen molar-refractivity contribution in [3.8, 4) is 0 Å². The Kier molecular flexibility index (Phi) is 8.91. The predicted molar refractivity (Wildman–Crippen MR) is 81.9 cm³/mol. The first-order valence-corrected chi connectivity index (χ1v) is 10.1. The molecule has 0 radical (unpaired) electrons. The van der Waals surface area contributed by atoms with Crippen LogP contribution in [0.15, 0.2) is 0 Å². The largest absolute Gasteiger partial charge is 0.497 e. The third-order valence-corrected chi connectivity index (χ3v) is 5.87. The van der Waals surface area contributed by atoms with Gasteiger partial charge >= 0.3 is 8.80 Å². The number of rotatable bonds is 10. The molecule has 5 nitrogen and oxygen atoms in total. The van der Waals surface area contributed by atoms with Crippen molar-refractivity contribution in [2.24, 2.45) is 0 Å². The Morgan fingerprint density at radius 1 is 1.15 bits per heavy atom. The summed E-state index contributed by atoms with van der Waals surface area (Å²) in [5.41, 5.74) is 0. The molecule has 0 aromatic heterocycles. The summed E-state index contributed by atoms with van der Waals surface area (Å²) in [7, 11) is -2.44. The van der Waals surface area contributed by atoms with Crippen LogP contribution in [-0.2, 0) is 18.0 Å². The lowest BCUT2D eigenvalue weighted by atomic mass is 10.2. The van der Waals surface area contributed by atoms with E-state index in [-0.39, 0.29) is 6.10 Å². The van der Waals surface area contributed by atoms with E-state index in [0.717, 1.165) is 45.7 Å². The molecule has 0 saturated carbocycles. The Hall–Kier alpha value is 0.0169. The van der Waals surface area contributed by atoms with Gasteiger partial charge in [-0.05, 0) is 40.2 Å². The molecule has 1 heterocycles. The molecule has 0 aliphatic carbocycles. The third kappa shape index (κ3) is 7.15. The van der Waals surface area contributed by atoms with Crippen molar-refractivity contribution >= 4 is 8.80 Å². The van der Waals surface area contributed by atoms with Crippen LogP contribution in [0.4, 0.5) is 0 Å². The zero-order valence-electron chi connectivity index (χ0n) is 13.5. The molecule has 0 bridgehead atoms. The second-order valence-corrected chi connectivity index (χ2v) is 7.79. The van der Waals surface area contributed by atoms with Crippen LogP contribution in [0.25, 0.3) is 0 Å². The van der Waals surface area contributed by atoms with E-state index in [1.165, 1.54) is 0 Å². The first-order chi connectivity index (χ1) is 9.59. The van der Waals surface area contributed by atoms with Crippen LogP contribution in [0, 0.1) is 0 Å². The lowest BCUT2D eigenvalue weighted by Crippen LogP contribution is -2.45. The van der Waals surface area contributed by atoms with Gasteiger partial charge in [-0.2, -0.15) is 0 Å². The lowest BCUT2D eigenvalue weighted by Gasteiger charge is -2.30. The van der Waals surface area contributed by atoms with Gasteiger partial charge in [0, 0.05) is 39.0 Å². The van der Waals surface area contributed by atoms with Crippen LogP contribution in [0.3, 0.4) is 0 Å². The molecule has 1 unspecified atom stereocenters. The summed E-state index contributed by atoms with van der Waals surface area (Å²) in [5.74, 6) is 0. The highest BCUT2D eigenvalue weighted by Gasteiger charge is 2.35. The molecule has 20 heavy (non-hydrogen) atoms. The Morgan fingerprint density at radius 3 is 2.30 bits per heavy atom. The summed E-state index contributed by atoms with van der Waals surface area (Å²) in [4.78, 5) is 2.46. The van der Waals surface area contributed by atoms with Gasteiger partial charge < -0.3 is 18.0 Å². The quantitative estimate of drug-likeness (QED) is 0.578. The molecule has 1 aliphatic heterocycles. The van der Waals surface area contributed by atoms with Crippen molar-refractivity contribution in [1.29, 1.82) is 0 Å². The van der Waals surface area contributed by atoms with Gasteiger partial charge in [-0.3, -0.25) is 4.90 Å². The smallest absolute Gasteiger partial charge is 0.379 e. The van der Waals surface area contributed by atoms with Gasteiger partial charge in [-0.25, -0.2) is 0 Å².